The van der Waals surface area contributed by atoms with Crippen molar-refractivity contribution in [1.29, 1.82) is 5.26 Å². The van der Waals surface area contributed by atoms with Gasteiger partial charge >= 0.3 is 0 Å². The third kappa shape index (κ3) is 4.57. The molecule has 0 bridgehead atoms. The van der Waals surface area contributed by atoms with Crippen LogP contribution in [-0.2, 0) is 0 Å². The van der Waals surface area contributed by atoms with E-state index < -0.39 is 12.0 Å². The summed E-state index contributed by atoms with van der Waals surface area (Å²) in [4.78, 5) is 7.47. The molecule has 0 aromatic heterocycles. The Balaban J connectivity index is 2.39. The maximum atomic E-state index is 14.3. The lowest BCUT2D eigenvalue weighted by atomic mass is 10.0. The molecule has 1 atom stereocenters. The lowest BCUT2D eigenvalue weighted by Crippen LogP contribution is -2.52. The van der Waals surface area contributed by atoms with Crippen LogP contribution in [0, 0.1) is 11.3 Å². The Morgan fingerprint density at radius 2 is 2.16 bits per heavy atom. The van der Waals surface area contributed by atoms with Crippen LogP contribution in [0.2, 0.25) is 0 Å². The summed E-state index contributed by atoms with van der Waals surface area (Å²) in [5.74, 6) is -2.56. The maximum Gasteiger partial charge on any atom is 0.296 e. The minimum atomic E-state index is -3.00. The number of ether oxygens (including phenoxy) is 2. The van der Waals surface area contributed by atoms with Crippen molar-refractivity contribution >= 4 is 12.0 Å². The number of rotatable bonds is 5. The lowest BCUT2D eigenvalue weighted by Gasteiger charge is -2.36. The molecule has 1 saturated heterocycles. The molecule has 0 N–H and O–H groups in total. The molecule has 25 heavy (non-hydrogen) atoms. The molecular formula is C17H22F2N4O2. The fourth-order valence-electron chi connectivity index (χ4n) is 2.57. The highest BCUT2D eigenvalue weighted by Gasteiger charge is 2.45. The first-order valence-corrected chi connectivity index (χ1v) is 7.82. The number of nitriles is 1. The maximum absolute atomic E-state index is 14.3. The standard InChI is InChI=1S/C17H22F2N4O2/c1-22(2)11-21-14-7-12(24-4)8-15(13(14)9-20)25-16-5-6-23(3)10-17(16,18)19/h7-8,11,16H,5-6,10H2,1-4H3/b21-11+. The first-order chi connectivity index (χ1) is 11.8. The van der Waals surface area contributed by atoms with Crippen molar-refractivity contribution in [3.8, 4) is 17.6 Å². The van der Waals surface area contributed by atoms with E-state index in [-0.39, 0.29) is 24.3 Å². The number of likely N-dealkylation sites (tertiary alicyclic amines) is 1. The summed E-state index contributed by atoms with van der Waals surface area (Å²) in [6, 6.07) is 5.01. The van der Waals surface area contributed by atoms with Crippen molar-refractivity contribution in [3.63, 3.8) is 0 Å². The average molecular weight is 352 g/mol. The van der Waals surface area contributed by atoms with Crippen LogP contribution in [0.1, 0.15) is 12.0 Å². The number of nitrogens with zero attached hydrogens (tertiary/aromatic N) is 4. The highest BCUT2D eigenvalue weighted by atomic mass is 19.3. The minimum absolute atomic E-state index is 0.0574. The summed E-state index contributed by atoms with van der Waals surface area (Å²) in [6.07, 6.45) is 0.388. The molecule has 1 aromatic carbocycles. The van der Waals surface area contributed by atoms with Gasteiger partial charge in [-0.25, -0.2) is 13.8 Å². The molecule has 0 saturated carbocycles. The fraction of sp³-hybridized carbons (Fsp3) is 0.529. The van der Waals surface area contributed by atoms with E-state index >= 15 is 0 Å². The largest absolute Gasteiger partial charge is 0.497 e. The summed E-state index contributed by atoms with van der Waals surface area (Å²) in [5.41, 5.74) is 0.412. The van der Waals surface area contributed by atoms with Gasteiger partial charge in [-0.2, -0.15) is 5.26 Å². The molecular weight excluding hydrogens is 330 g/mol. The third-order valence-corrected chi connectivity index (χ3v) is 3.82. The lowest BCUT2D eigenvalue weighted by molar-refractivity contribution is -0.135. The van der Waals surface area contributed by atoms with Gasteiger partial charge in [0.15, 0.2) is 6.10 Å². The molecule has 1 fully saturated rings. The summed E-state index contributed by atoms with van der Waals surface area (Å²) in [6.45, 7) is 0.118. The quantitative estimate of drug-likeness (QED) is 0.602. The second-order valence-electron chi connectivity index (χ2n) is 6.23. The molecule has 1 heterocycles. The number of alkyl halides is 2. The second-order valence-corrected chi connectivity index (χ2v) is 6.23. The zero-order valence-corrected chi connectivity index (χ0v) is 14.8. The summed E-state index contributed by atoms with van der Waals surface area (Å²) < 4.78 is 39.3. The van der Waals surface area contributed by atoms with Crippen LogP contribution < -0.4 is 9.47 Å². The summed E-state index contributed by atoms with van der Waals surface area (Å²) in [5, 5.41) is 9.48. The Labute approximate surface area is 146 Å². The van der Waals surface area contributed by atoms with Crippen molar-refractivity contribution in [2.45, 2.75) is 18.4 Å². The monoisotopic (exact) mass is 352 g/mol. The van der Waals surface area contributed by atoms with Crippen molar-refractivity contribution in [3.05, 3.63) is 17.7 Å². The number of aliphatic imine (C=N–C) groups is 1. The first-order valence-electron chi connectivity index (χ1n) is 7.82. The topological polar surface area (TPSA) is 61.1 Å². The van der Waals surface area contributed by atoms with Crippen molar-refractivity contribution in [1.82, 2.24) is 9.80 Å². The predicted molar refractivity (Wildman–Crippen MR) is 91.0 cm³/mol. The van der Waals surface area contributed by atoms with Crippen molar-refractivity contribution in [2.75, 3.05) is 41.3 Å². The molecule has 0 radical (unpaired) electrons. The molecule has 1 aliphatic rings. The molecule has 136 valence electrons. The van der Waals surface area contributed by atoms with Gasteiger partial charge in [-0.1, -0.05) is 0 Å². The van der Waals surface area contributed by atoms with Gasteiger partial charge in [0.25, 0.3) is 5.92 Å². The van der Waals surface area contributed by atoms with E-state index in [1.165, 1.54) is 19.5 Å². The van der Waals surface area contributed by atoms with E-state index in [4.69, 9.17) is 9.47 Å². The fourth-order valence-corrected chi connectivity index (χ4v) is 2.57. The Kier molecular flexibility index (Phi) is 5.80. The Morgan fingerprint density at radius 3 is 2.72 bits per heavy atom. The Bertz CT molecular complexity index is 686. The molecule has 0 spiro atoms. The number of hydrogen-bond acceptors (Lipinski definition) is 5. The SMILES string of the molecule is COc1cc(/N=C/N(C)C)c(C#N)c(OC2CCN(C)CC2(F)F)c1. The Morgan fingerprint density at radius 1 is 1.44 bits per heavy atom. The molecule has 0 aliphatic carbocycles. The van der Waals surface area contributed by atoms with Gasteiger partial charge in [-0.3, -0.25) is 0 Å². The Hall–Kier alpha value is -2.40. The number of piperidine rings is 1. The van der Waals surface area contributed by atoms with Crippen molar-refractivity contribution < 1.29 is 18.3 Å². The van der Waals surface area contributed by atoms with E-state index in [2.05, 4.69) is 4.99 Å². The van der Waals surface area contributed by atoms with Gasteiger partial charge in [-0.05, 0) is 7.05 Å². The molecule has 1 aromatic rings. The smallest absolute Gasteiger partial charge is 0.296 e. The van der Waals surface area contributed by atoms with Gasteiger partial charge in [-0.15, -0.1) is 0 Å². The van der Waals surface area contributed by atoms with Crippen LogP contribution in [0.15, 0.2) is 17.1 Å². The number of halogens is 2. The van der Waals surface area contributed by atoms with Crippen LogP contribution in [0.4, 0.5) is 14.5 Å². The molecule has 0 amide bonds. The van der Waals surface area contributed by atoms with Crippen LogP contribution in [0.3, 0.4) is 0 Å². The molecule has 8 heteroatoms. The van der Waals surface area contributed by atoms with Crippen molar-refractivity contribution in [2.24, 2.45) is 4.99 Å². The van der Waals surface area contributed by atoms with Crippen LogP contribution in [0.25, 0.3) is 0 Å². The average Bonchev–Trinajstić information content (AvgIpc) is 2.54. The van der Waals surface area contributed by atoms with Gasteiger partial charge in [0.05, 0.1) is 25.7 Å². The van der Waals surface area contributed by atoms with Gasteiger partial charge in [0.1, 0.15) is 23.1 Å². The first kappa shape index (κ1) is 18.9. The number of hydrogen-bond donors (Lipinski definition) is 0. The molecule has 2 rings (SSSR count). The predicted octanol–water partition coefficient (Wildman–Crippen LogP) is 2.51. The van der Waals surface area contributed by atoms with E-state index in [0.717, 1.165) is 0 Å². The minimum Gasteiger partial charge on any atom is -0.497 e. The van der Waals surface area contributed by atoms with Crippen LogP contribution >= 0.6 is 0 Å². The summed E-state index contributed by atoms with van der Waals surface area (Å²) >= 11 is 0. The van der Waals surface area contributed by atoms with Gasteiger partial charge < -0.3 is 19.3 Å². The molecule has 6 nitrogen and oxygen atoms in total. The van der Waals surface area contributed by atoms with E-state index in [9.17, 15) is 14.0 Å². The normalized spacial score (nSPS) is 20.3. The third-order valence-electron chi connectivity index (χ3n) is 3.82. The highest BCUT2D eigenvalue weighted by Crippen LogP contribution is 2.37. The zero-order chi connectivity index (χ0) is 18.6. The van der Waals surface area contributed by atoms with E-state index in [1.807, 2.05) is 6.07 Å². The highest BCUT2D eigenvalue weighted by molar-refractivity contribution is 5.70. The van der Waals surface area contributed by atoms with Crippen LogP contribution in [0.5, 0.6) is 11.5 Å². The number of methoxy groups -OCH3 is 1. The van der Waals surface area contributed by atoms with Gasteiger partial charge in [0, 0.05) is 39.2 Å². The second kappa shape index (κ2) is 7.66. The molecule has 1 unspecified atom stereocenters. The van der Waals surface area contributed by atoms with E-state index in [0.29, 0.717) is 18.0 Å². The molecule has 1 aliphatic heterocycles. The summed E-state index contributed by atoms with van der Waals surface area (Å²) in [7, 11) is 6.66. The zero-order valence-electron chi connectivity index (χ0n) is 14.8. The van der Waals surface area contributed by atoms with Gasteiger partial charge in [0.2, 0.25) is 0 Å². The number of benzene rings is 1. The van der Waals surface area contributed by atoms with Crippen LogP contribution in [-0.4, -0.2) is 69.5 Å². The van der Waals surface area contributed by atoms with E-state index in [1.54, 1.807) is 37.0 Å².